The Bertz CT molecular complexity index is 1010. The summed E-state index contributed by atoms with van der Waals surface area (Å²) in [6, 6.07) is 8.24. The molecule has 0 bridgehead atoms. The van der Waals surface area contributed by atoms with Crippen LogP contribution in [0.4, 0.5) is 0 Å². The fourth-order valence-electron chi connectivity index (χ4n) is 4.20. The highest BCUT2D eigenvalue weighted by atomic mass is 32.1. The zero-order valence-electron chi connectivity index (χ0n) is 18.4. The van der Waals surface area contributed by atoms with Crippen molar-refractivity contribution in [3.8, 4) is 11.5 Å². The molecule has 1 fully saturated rings. The predicted octanol–water partition coefficient (Wildman–Crippen LogP) is 3.67. The molecule has 1 unspecified atom stereocenters. The van der Waals surface area contributed by atoms with E-state index < -0.39 is 17.7 Å². The SMILES string of the molecule is CCN(CC)CCCN1C(=O)C(=O)/C(=C(/O)c2ccc3c(c2)OCCO3)C1c1cccs1. The molecule has 8 heteroatoms. The maximum Gasteiger partial charge on any atom is 0.295 e. The normalized spacial score (nSPS) is 19.7. The number of ether oxygens (including phenoxy) is 2. The lowest BCUT2D eigenvalue weighted by molar-refractivity contribution is -0.139. The molecule has 2 aliphatic rings. The summed E-state index contributed by atoms with van der Waals surface area (Å²) >= 11 is 1.47. The number of ketones is 1. The first-order valence-corrected chi connectivity index (χ1v) is 11.9. The Labute approximate surface area is 191 Å². The van der Waals surface area contributed by atoms with Crippen LogP contribution in [0.25, 0.3) is 5.76 Å². The van der Waals surface area contributed by atoms with Crippen molar-refractivity contribution in [2.45, 2.75) is 26.3 Å². The Kier molecular flexibility index (Phi) is 6.81. The van der Waals surface area contributed by atoms with Gasteiger partial charge in [0.05, 0.1) is 11.6 Å². The van der Waals surface area contributed by atoms with Gasteiger partial charge < -0.3 is 24.4 Å². The number of hydrogen-bond acceptors (Lipinski definition) is 7. The fourth-order valence-corrected chi connectivity index (χ4v) is 5.05. The van der Waals surface area contributed by atoms with Gasteiger partial charge in [-0.3, -0.25) is 9.59 Å². The topological polar surface area (TPSA) is 79.3 Å². The number of carbonyl (C=O) groups is 2. The van der Waals surface area contributed by atoms with E-state index in [4.69, 9.17) is 9.47 Å². The van der Waals surface area contributed by atoms with Gasteiger partial charge in [0, 0.05) is 17.0 Å². The van der Waals surface area contributed by atoms with Crippen LogP contribution in [-0.4, -0.2) is 66.0 Å². The highest BCUT2D eigenvalue weighted by Gasteiger charge is 2.46. The molecule has 1 saturated heterocycles. The van der Waals surface area contributed by atoms with Gasteiger partial charge >= 0.3 is 0 Å². The molecule has 1 amide bonds. The monoisotopic (exact) mass is 456 g/mol. The van der Waals surface area contributed by atoms with E-state index in [2.05, 4.69) is 18.7 Å². The van der Waals surface area contributed by atoms with E-state index in [1.807, 2.05) is 17.5 Å². The summed E-state index contributed by atoms with van der Waals surface area (Å²) in [7, 11) is 0. The quantitative estimate of drug-likeness (QED) is 0.371. The molecule has 4 rings (SSSR count). The lowest BCUT2D eigenvalue weighted by Crippen LogP contribution is -2.33. The van der Waals surface area contributed by atoms with Crippen molar-refractivity contribution in [1.82, 2.24) is 9.80 Å². The molecular weight excluding hydrogens is 428 g/mol. The lowest BCUT2D eigenvalue weighted by atomic mass is 9.99. The van der Waals surface area contributed by atoms with E-state index in [1.54, 1.807) is 23.1 Å². The summed E-state index contributed by atoms with van der Waals surface area (Å²) in [6.45, 7) is 8.26. The van der Waals surface area contributed by atoms with Gasteiger partial charge in [0.15, 0.2) is 11.5 Å². The number of Topliss-reactive ketones (excluding diaryl/α,β-unsaturated/α-hetero) is 1. The third kappa shape index (κ3) is 4.25. The van der Waals surface area contributed by atoms with Gasteiger partial charge in [0.1, 0.15) is 19.0 Å². The Balaban J connectivity index is 1.68. The minimum atomic E-state index is -0.654. The largest absolute Gasteiger partial charge is 0.507 e. The highest BCUT2D eigenvalue weighted by molar-refractivity contribution is 7.10. The summed E-state index contributed by atoms with van der Waals surface area (Å²) in [5.41, 5.74) is 0.550. The molecule has 0 saturated carbocycles. The van der Waals surface area contributed by atoms with Gasteiger partial charge in [-0.15, -0.1) is 11.3 Å². The molecule has 170 valence electrons. The van der Waals surface area contributed by atoms with E-state index >= 15 is 0 Å². The first-order valence-electron chi connectivity index (χ1n) is 11.0. The Morgan fingerprint density at radius 3 is 2.59 bits per heavy atom. The minimum Gasteiger partial charge on any atom is -0.507 e. The molecule has 1 N–H and O–H groups in total. The van der Waals surface area contributed by atoms with Crippen molar-refractivity contribution in [3.05, 3.63) is 51.7 Å². The van der Waals surface area contributed by atoms with Crippen molar-refractivity contribution in [2.24, 2.45) is 0 Å². The molecule has 3 heterocycles. The molecule has 1 atom stereocenters. The first kappa shape index (κ1) is 22.4. The van der Waals surface area contributed by atoms with E-state index in [0.29, 0.717) is 36.8 Å². The zero-order chi connectivity index (χ0) is 22.7. The molecular formula is C24H28N2O5S. The van der Waals surface area contributed by atoms with Crippen molar-refractivity contribution in [1.29, 1.82) is 0 Å². The second-order valence-corrected chi connectivity index (χ2v) is 8.73. The van der Waals surface area contributed by atoms with Crippen LogP contribution < -0.4 is 9.47 Å². The Morgan fingerprint density at radius 1 is 1.16 bits per heavy atom. The zero-order valence-corrected chi connectivity index (χ0v) is 19.2. The number of hydrogen-bond donors (Lipinski definition) is 1. The molecule has 2 aliphatic heterocycles. The smallest absolute Gasteiger partial charge is 0.295 e. The van der Waals surface area contributed by atoms with Gasteiger partial charge in [-0.25, -0.2) is 0 Å². The number of amides is 1. The number of fused-ring (bicyclic) bond motifs is 1. The number of carbonyl (C=O) groups excluding carboxylic acids is 2. The lowest BCUT2D eigenvalue weighted by Gasteiger charge is -2.26. The van der Waals surface area contributed by atoms with E-state index in [1.165, 1.54) is 11.3 Å². The Morgan fingerprint density at radius 2 is 1.91 bits per heavy atom. The maximum absolute atomic E-state index is 13.1. The van der Waals surface area contributed by atoms with Crippen molar-refractivity contribution >= 4 is 28.8 Å². The van der Waals surface area contributed by atoms with E-state index in [9.17, 15) is 14.7 Å². The summed E-state index contributed by atoms with van der Waals surface area (Å²) in [5.74, 6) is -0.300. The summed E-state index contributed by atoms with van der Waals surface area (Å²) in [6.07, 6.45) is 0.751. The number of aliphatic hydroxyl groups excluding tert-OH is 1. The number of rotatable bonds is 8. The predicted molar refractivity (Wildman–Crippen MR) is 123 cm³/mol. The van der Waals surface area contributed by atoms with Gasteiger partial charge in [-0.2, -0.15) is 0 Å². The number of benzene rings is 1. The van der Waals surface area contributed by atoms with Gasteiger partial charge in [-0.1, -0.05) is 19.9 Å². The number of likely N-dealkylation sites (tertiary alicyclic amines) is 1. The number of aliphatic hydroxyl groups is 1. The maximum atomic E-state index is 13.1. The van der Waals surface area contributed by atoms with Crippen LogP contribution in [0.2, 0.25) is 0 Å². The van der Waals surface area contributed by atoms with Crippen LogP contribution in [0.3, 0.4) is 0 Å². The van der Waals surface area contributed by atoms with Crippen LogP contribution in [0, 0.1) is 0 Å². The molecule has 1 aromatic heterocycles. The molecule has 2 aromatic rings. The summed E-state index contributed by atoms with van der Waals surface area (Å²) in [4.78, 5) is 30.8. The molecule has 0 radical (unpaired) electrons. The van der Waals surface area contributed by atoms with Crippen LogP contribution in [0.15, 0.2) is 41.3 Å². The van der Waals surface area contributed by atoms with Gasteiger partial charge in [-0.05, 0) is 55.7 Å². The molecule has 7 nitrogen and oxygen atoms in total. The van der Waals surface area contributed by atoms with Crippen molar-refractivity contribution in [3.63, 3.8) is 0 Å². The minimum absolute atomic E-state index is 0.122. The third-order valence-electron chi connectivity index (χ3n) is 5.94. The second-order valence-electron chi connectivity index (χ2n) is 7.75. The second kappa shape index (κ2) is 9.75. The third-order valence-corrected chi connectivity index (χ3v) is 6.86. The first-order chi connectivity index (χ1) is 15.5. The number of nitrogens with zero attached hydrogens (tertiary/aromatic N) is 2. The standard InChI is InChI=1S/C24H28N2O5S/c1-3-25(4-2)10-6-11-26-21(19-7-5-14-32-19)20(23(28)24(26)29)22(27)16-8-9-17-18(15-16)31-13-12-30-17/h5,7-9,14-15,21,27H,3-4,6,10-13H2,1-2H3/b22-20+. The molecule has 0 aliphatic carbocycles. The highest BCUT2D eigenvalue weighted by Crippen LogP contribution is 2.42. The van der Waals surface area contributed by atoms with Crippen LogP contribution in [0.1, 0.15) is 36.8 Å². The van der Waals surface area contributed by atoms with Gasteiger partial charge in [0.25, 0.3) is 11.7 Å². The van der Waals surface area contributed by atoms with Gasteiger partial charge in [0.2, 0.25) is 0 Å². The fraction of sp³-hybridized carbons (Fsp3) is 0.417. The summed E-state index contributed by atoms with van der Waals surface area (Å²) < 4.78 is 11.2. The van der Waals surface area contributed by atoms with E-state index in [-0.39, 0.29) is 11.3 Å². The van der Waals surface area contributed by atoms with Crippen LogP contribution in [-0.2, 0) is 9.59 Å². The van der Waals surface area contributed by atoms with Crippen LogP contribution in [0.5, 0.6) is 11.5 Å². The van der Waals surface area contributed by atoms with E-state index in [0.717, 1.165) is 30.9 Å². The average molecular weight is 457 g/mol. The Hall–Kier alpha value is -2.84. The number of thiophene rings is 1. The van der Waals surface area contributed by atoms with Crippen LogP contribution >= 0.6 is 11.3 Å². The molecule has 32 heavy (non-hydrogen) atoms. The summed E-state index contributed by atoms with van der Waals surface area (Å²) in [5, 5.41) is 13.1. The average Bonchev–Trinajstić information content (AvgIpc) is 3.43. The van der Waals surface area contributed by atoms with Crippen molar-refractivity contribution in [2.75, 3.05) is 39.4 Å². The molecule has 1 aromatic carbocycles. The molecule has 0 spiro atoms. The van der Waals surface area contributed by atoms with Crippen molar-refractivity contribution < 1.29 is 24.2 Å².